The van der Waals surface area contributed by atoms with E-state index in [4.69, 9.17) is 4.74 Å². The maximum absolute atomic E-state index is 11.9. The third kappa shape index (κ3) is 3.70. The fourth-order valence-electron chi connectivity index (χ4n) is 2.24. The molecular formula is C13H22N4O2. The summed E-state index contributed by atoms with van der Waals surface area (Å²) in [7, 11) is 0. The first-order valence-corrected chi connectivity index (χ1v) is 6.93. The summed E-state index contributed by atoms with van der Waals surface area (Å²) in [5.41, 5.74) is 0.731. The Morgan fingerprint density at radius 1 is 1.58 bits per heavy atom. The van der Waals surface area contributed by atoms with E-state index in [1.54, 1.807) is 11.1 Å². The number of aromatic nitrogens is 2. The number of nitrogens with one attached hydrogen (secondary N) is 1. The minimum Gasteiger partial charge on any atom is -0.376 e. The lowest BCUT2D eigenvalue weighted by Crippen LogP contribution is -2.34. The fraction of sp³-hybridized carbons (Fsp3) is 0.692. The van der Waals surface area contributed by atoms with Crippen LogP contribution >= 0.6 is 0 Å². The Morgan fingerprint density at radius 3 is 3.00 bits per heavy atom. The van der Waals surface area contributed by atoms with Crippen LogP contribution in [0.5, 0.6) is 0 Å². The van der Waals surface area contributed by atoms with Crippen molar-refractivity contribution in [1.82, 2.24) is 14.7 Å². The number of nitrogens with zero attached hydrogens (tertiary/aromatic N) is 3. The van der Waals surface area contributed by atoms with Crippen molar-refractivity contribution in [2.24, 2.45) is 0 Å². The first kappa shape index (κ1) is 13.9. The van der Waals surface area contributed by atoms with Crippen LogP contribution in [0.4, 0.5) is 10.5 Å². The SMILES string of the molecule is CCN(CC)C(=O)Nc1cnn(C[C@H]2CCCO2)c1. The topological polar surface area (TPSA) is 59.4 Å². The van der Waals surface area contributed by atoms with Gasteiger partial charge in [-0.25, -0.2) is 4.79 Å². The average molecular weight is 266 g/mol. The van der Waals surface area contributed by atoms with E-state index in [0.717, 1.165) is 31.7 Å². The van der Waals surface area contributed by atoms with E-state index in [2.05, 4.69) is 10.4 Å². The number of urea groups is 1. The van der Waals surface area contributed by atoms with Crippen LogP contribution in [-0.4, -0.2) is 46.5 Å². The zero-order valence-electron chi connectivity index (χ0n) is 11.6. The van der Waals surface area contributed by atoms with Crippen LogP contribution in [0.15, 0.2) is 12.4 Å². The van der Waals surface area contributed by atoms with Crippen molar-refractivity contribution in [3.63, 3.8) is 0 Å². The molecule has 1 N–H and O–H groups in total. The van der Waals surface area contributed by atoms with Crippen LogP contribution in [0.25, 0.3) is 0 Å². The second kappa shape index (κ2) is 6.56. The first-order chi connectivity index (χ1) is 9.22. The Bertz CT molecular complexity index is 409. The molecule has 1 aromatic heterocycles. The molecule has 0 unspecified atom stereocenters. The second-order valence-corrected chi connectivity index (χ2v) is 4.69. The van der Waals surface area contributed by atoms with Crippen LogP contribution in [0.1, 0.15) is 26.7 Å². The first-order valence-electron chi connectivity index (χ1n) is 6.93. The van der Waals surface area contributed by atoms with Crippen LogP contribution in [0.3, 0.4) is 0 Å². The zero-order valence-corrected chi connectivity index (χ0v) is 11.6. The Hall–Kier alpha value is -1.56. The molecule has 0 bridgehead atoms. The van der Waals surface area contributed by atoms with Crippen LogP contribution < -0.4 is 5.32 Å². The third-order valence-electron chi connectivity index (χ3n) is 3.35. The summed E-state index contributed by atoms with van der Waals surface area (Å²) in [6.45, 7) is 6.92. The van der Waals surface area contributed by atoms with Crippen molar-refractivity contribution in [1.29, 1.82) is 0 Å². The van der Waals surface area contributed by atoms with Gasteiger partial charge in [0.1, 0.15) is 0 Å². The molecular weight excluding hydrogens is 244 g/mol. The molecule has 1 aliphatic heterocycles. The van der Waals surface area contributed by atoms with Gasteiger partial charge in [-0.1, -0.05) is 0 Å². The normalized spacial score (nSPS) is 18.5. The molecule has 0 spiro atoms. The summed E-state index contributed by atoms with van der Waals surface area (Å²) >= 11 is 0. The van der Waals surface area contributed by atoms with Crippen molar-refractivity contribution < 1.29 is 9.53 Å². The molecule has 1 atom stereocenters. The molecule has 0 radical (unpaired) electrons. The largest absolute Gasteiger partial charge is 0.376 e. The minimum atomic E-state index is -0.0818. The fourth-order valence-corrected chi connectivity index (χ4v) is 2.24. The summed E-state index contributed by atoms with van der Waals surface area (Å²) in [4.78, 5) is 13.6. The molecule has 1 aromatic rings. The molecule has 2 amide bonds. The summed E-state index contributed by atoms with van der Waals surface area (Å²) < 4.78 is 7.39. The maximum atomic E-state index is 11.9. The van der Waals surface area contributed by atoms with Crippen molar-refractivity contribution in [2.45, 2.75) is 39.3 Å². The lowest BCUT2D eigenvalue weighted by molar-refractivity contribution is 0.0940. The lowest BCUT2D eigenvalue weighted by Gasteiger charge is -2.18. The van der Waals surface area contributed by atoms with E-state index < -0.39 is 0 Å². The van der Waals surface area contributed by atoms with Gasteiger partial charge in [0, 0.05) is 25.9 Å². The molecule has 106 valence electrons. The number of hydrogen-bond acceptors (Lipinski definition) is 3. The molecule has 1 saturated heterocycles. The molecule has 6 heteroatoms. The highest BCUT2D eigenvalue weighted by molar-refractivity contribution is 5.88. The van der Waals surface area contributed by atoms with E-state index in [1.807, 2.05) is 24.7 Å². The Morgan fingerprint density at radius 2 is 2.37 bits per heavy atom. The molecule has 0 aromatic carbocycles. The highest BCUT2D eigenvalue weighted by Gasteiger charge is 2.17. The van der Waals surface area contributed by atoms with E-state index in [1.165, 1.54) is 0 Å². The molecule has 2 heterocycles. The van der Waals surface area contributed by atoms with Gasteiger partial charge in [0.25, 0.3) is 0 Å². The highest BCUT2D eigenvalue weighted by Crippen LogP contribution is 2.15. The predicted molar refractivity (Wildman–Crippen MR) is 73.1 cm³/mol. The molecule has 6 nitrogen and oxygen atoms in total. The standard InChI is InChI=1S/C13H22N4O2/c1-3-16(4-2)13(18)15-11-8-14-17(9-11)10-12-6-5-7-19-12/h8-9,12H,3-7,10H2,1-2H3,(H,15,18)/t12-/m1/s1. The van der Waals surface area contributed by atoms with Crippen molar-refractivity contribution in [3.8, 4) is 0 Å². The quantitative estimate of drug-likeness (QED) is 0.886. The number of anilines is 1. The number of ether oxygens (including phenoxy) is 1. The molecule has 1 aliphatic rings. The smallest absolute Gasteiger partial charge is 0.321 e. The molecule has 0 saturated carbocycles. The van der Waals surface area contributed by atoms with Crippen LogP contribution in [0.2, 0.25) is 0 Å². The van der Waals surface area contributed by atoms with Gasteiger partial charge in [-0.05, 0) is 26.7 Å². The van der Waals surface area contributed by atoms with E-state index in [9.17, 15) is 4.79 Å². The molecule has 2 rings (SSSR count). The van der Waals surface area contributed by atoms with Gasteiger partial charge >= 0.3 is 6.03 Å². The number of hydrogen-bond donors (Lipinski definition) is 1. The summed E-state index contributed by atoms with van der Waals surface area (Å²) in [5, 5.41) is 7.10. The van der Waals surface area contributed by atoms with E-state index >= 15 is 0 Å². The Balaban J connectivity index is 1.87. The van der Waals surface area contributed by atoms with Gasteiger partial charge in [0.2, 0.25) is 0 Å². The third-order valence-corrected chi connectivity index (χ3v) is 3.35. The number of carbonyl (C=O) groups is 1. The van der Waals surface area contributed by atoms with Crippen molar-refractivity contribution in [3.05, 3.63) is 12.4 Å². The Labute approximate surface area is 113 Å². The number of amides is 2. The van der Waals surface area contributed by atoms with E-state index in [-0.39, 0.29) is 12.1 Å². The summed E-state index contributed by atoms with van der Waals surface area (Å²) in [5.74, 6) is 0. The van der Waals surface area contributed by atoms with Crippen LogP contribution in [0, 0.1) is 0 Å². The van der Waals surface area contributed by atoms with Gasteiger partial charge in [-0.2, -0.15) is 5.10 Å². The van der Waals surface area contributed by atoms with E-state index in [0.29, 0.717) is 13.1 Å². The number of rotatable bonds is 5. The molecule has 0 aliphatic carbocycles. The van der Waals surface area contributed by atoms with Gasteiger partial charge in [-0.3, -0.25) is 4.68 Å². The predicted octanol–water partition coefficient (Wildman–Crippen LogP) is 1.94. The highest BCUT2D eigenvalue weighted by atomic mass is 16.5. The lowest BCUT2D eigenvalue weighted by atomic mass is 10.2. The van der Waals surface area contributed by atoms with Crippen molar-refractivity contribution >= 4 is 11.7 Å². The molecule has 19 heavy (non-hydrogen) atoms. The monoisotopic (exact) mass is 266 g/mol. The maximum Gasteiger partial charge on any atom is 0.321 e. The van der Waals surface area contributed by atoms with Gasteiger partial charge in [0.05, 0.1) is 24.5 Å². The van der Waals surface area contributed by atoms with Crippen molar-refractivity contribution in [2.75, 3.05) is 25.0 Å². The Kier molecular flexibility index (Phi) is 4.79. The van der Waals surface area contributed by atoms with Gasteiger partial charge in [-0.15, -0.1) is 0 Å². The van der Waals surface area contributed by atoms with Gasteiger partial charge < -0.3 is 15.0 Å². The minimum absolute atomic E-state index is 0.0818. The average Bonchev–Trinajstić information content (AvgIpc) is 3.03. The molecule has 1 fully saturated rings. The number of carbonyl (C=O) groups excluding carboxylic acids is 1. The summed E-state index contributed by atoms with van der Waals surface area (Å²) in [6, 6.07) is -0.0818. The zero-order chi connectivity index (χ0) is 13.7. The van der Waals surface area contributed by atoms with Crippen LogP contribution in [-0.2, 0) is 11.3 Å². The van der Waals surface area contributed by atoms with Gasteiger partial charge in [0.15, 0.2) is 0 Å². The summed E-state index contributed by atoms with van der Waals surface area (Å²) in [6.07, 6.45) is 5.99. The second-order valence-electron chi connectivity index (χ2n) is 4.69.